The molecule has 0 aliphatic heterocycles. The first-order valence-electron chi connectivity index (χ1n) is 4.52. The first-order valence-corrected chi connectivity index (χ1v) is 4.90. The number of hydrogen-bond donors (Lipinski definition) is 0. The zero-order valence-corrected chi connectivity index (χ0v) is 9.08. The summed E-state index contributed by atoms with van der Waals surface area (Å²) in [4.78, 5) is 22.0. The molecule has 0 aromatic heterocycles. The number of halogens is 1. The quantitative estimate of drug-likeness (QED) is 0.741. The summed E-state index contributed by atoms with van der Waals surface area (Å²) in [7, 11) is 0. The Morgan fingerprint density at radius 3 is 2.60 bits per heavy atom. The van der Waals surface area contributed by atoms with E-state index in [2.05, 4.69) is 0 Å². The van der Waals surface area contributed by atoms with E-state index in [1.807, 2.05) is 0 Å². The van der Waals surface area contributed by atoms with E-state index in [0.717, 1.165) is 0 Å². The Morgan fingerprint density at radius 2 is 2.00 bits per heavy atom. The lowest BCUT2D eigenvalue weighted by atomic mass is 10.2. The Morgan fingerprint density at radius 1 is 1.33 bits per heavy atom. The molecule has 0 aliphatic rings. The maximum atomic E-state index is 11.4. The molecule has 0 fully saturated rings. The van der Waals surface area contributed by atoms with Gasteiger partial charge in [0.2, 0.25) is 0 Å². The van der Waals surface area contributed by atoms with Gasteiger partial charge in [-0.3, -0.25) is 4.79 Å². The van der Waals surface area contributed by atoms with Crippen LogP contribution in [0.15, 0.2) is 24.3 Å². The summed E-state index contributed by atoms with van der Waals surface area (Å²) in [5.41, 5.74) is 0.322. The highest BCUT2D eigenvalue weighted by Crippen LogP contribution is 2.15. The molecule has 0 radical (unpaired) electrons. The van der Waals surface area contributed by atoms with E-state index >= 15 is 0 Å². The minimum atomic E-state index is -0.498. The molecule has 3 nitrogen and oxygen atoms in total. The van der Waals surface area contributed by atoms with Crippen molar-refractivity contribution in [2.24, 2.45) is 0 Å². The van der Waals surface area contributed by atoms with Crippen LogP contribution in [0.2, 0.25) is 5.02 Å². The van der Waals surface area contributed by atoms with E-state index in [0.29, 0.717) is 10.6 Å². The third-order valence-corrected chi connectivity index (χ3v) is 2.11. The lowest BCUT2D eigenvalue weighted by molar-refractivity contribution is -0.117. The number of ether oxygens (including phenoxy) is 1. The van der Waals surface area contributed by atoms with Crippen LogP contribution >= 0.6 is 11.6 Å². The van der Waals surface area contributed by atoms with Crippen molar-refractivity contribution in [1.82, 2.24) is 0 Å². The zero-order chi connectivity index (χ0) is 11.3. The van der Waals surface area contributed by atoms with Gasteiger partial charge in [-0.15, -0.1) is 0 Å². The van der Waals surface area contributed by atoms with Crippen LogP contribution in [0.25, 0.3) is 0 Å². The predicted molar refractivity (Wildman–Crippen MR) is 57.0 cm³/mol. The normalized spacial score (nSPS) is 9.73. The number of ketones is 1. The minimum Gasteiger partial charge on any atom is -0.462 e. The molecule has 1 aromatic rings. The fourth-order valence-corrected chi connectivity index (χ4v) is 1.20. The molecular formula is C11H11ClO3. The molecule has 0 saturated heterocycles. The molecule has 4 heteroatoms. The lowest BCUT2D eigenvalue weighted by Gasteiger charge is -2.04. The van der Waals surface area contributed by atoms with Crippen molar-refractivity contribution < 1.29 is 14.3 Å². The Labute approximate surface area is 93.0 Å². The van der Waals surface area contributed by atoms with E-state index in [4.69, 9.17) is 16.3 Å². The SMILES string of the molecule is CC(=O)CCOC(=O)c1ccccc1Cl. The highest BCUT2D eigenvalue weighted by Gasteiger charge is 2.10. The van der Waals surface area contributed by atoms with Crippen LogP contribution in [0, 0.1) is 0 Å². The first kappa shape index (κ1) is 11.7. The Balaban J connectivity index is 2.54. The monoisotopic (exact) mass is 226 g/mol. The van der Waals surface area contributed by atoms with Gasteiger partial charge < -0.3 is 4.74 Å². The summed E-state index contributed by atoms with van der Waals surface area (Å²) in [5, 5.41) is 0.352. The molecule has 15 heavy (non-hydrogen) atoms. The van der Waals surface area contributed by atoms with Gasteiger partial charge in [0.15, 0.2) is 0 Å². The van der Waals surface area contributed by atoms with Crippen molar-refractivity contribution in [1.29, 1.82) is 0 Å². The van der Waals surface area contributed by atoms with E-state index in [-0.39, 0.29) is 18.8 Å². The smallest absolute Gasteiger partial charge is 0.339 e. The molecule has 0 bridgehead atoms. The standard InChI is InChI=1S/C11H11ClO3/c1-8(13)6-7-15-11(14)9-4-2-3-5-10(9)12/h2-5H,6-7H2,1H3. The van der Waals surface area contributed by atoms with Gasteiger partial charge in [0.1, 0.15) is 5.78 Å². The topological polar surface area (TPSA) is 43.4 Å². The van der Waals surface area contributed by atoms with Crippen LogP contribution in [0.5, 0.6) is 0 Å². The number of carbonyl (C=O) groups is 2. The fraction of sp³-hybridized carbons (Fsp3) is 0.273. The van der Waals surface area contributed by atoms with E-state index in [9.17, 15) is 9.59 Å². The number of rotatable bonds is 4. The number of carbonyl (C=O) groups excluding carboxylic acids is 2. The third-order valence-electron chi connectivity index (χ3n) is 1.78. The summed E-state index contributed by atoms with van der Waals surface area (Å²) < 4.78 is 4.88. The van der Waals surface area contributed by atoms with Gasteiger partial charge in [-0.1, -0.05) is 23.7 Å². The highest BCUT2D eigenvalue weighted by molar-refractivity contribution is 6.33. The van der Waals surface area contributed by atoms with Gasteiger partial charge in [-0.2, -0.15) is 0 Å². The molecule has 0 unspecified atom stereocenters. The van der Waals surface area contributed by atoms with Crippen molar-refractivity contribution in [2.45, 2.75) is 13.3 Å². The van der Waals surface area contributed by atoms with E-state index in [1.54, 1.807) is 24.3 Å². The molecule has 0 saturated carbocycles. The second-order valence-electron chi connectivity index (χ2n) is 3.07. The highest BCUT2D eigenvalue weighted by atomic mass is 35.5. The summed E-state index contributed by atoms with van der Waals surface area (Å²) >= 11 is 5.79. The van der Waals surface area contributed by atoms with Gasteiger partial charge in [-0.05, 0) is 19.1 Å². The van der Waals surface area contributed by atoms with Gasteiger partial charge in [0.05, 0.1) is 17.2 Å². The molecule has 0 aliphatic carbocycles. The van der Waals surface area contributed by atoms with Crippen LogP contribution in [0.3, 0.4) is 0 Å². The number of hydrogen-bond acceptors (Lipinski definition) is 3. The third kappa shape index (κ3) is 3.72. The Kier molecular flexibility index (Phi) is 4.31. The van der Waals surface area contributed by atoms with Crippen LogP contribution in [0.4, 0.5) is 0 Å². The van der Waals surface area contributed by atoms with Crippen LogP contribution in [-0.2, 0) is 9.53 Å². The molecule has 0 spiro atoms. The van der Waals surface area contributed by atoms with Crippen molar-refractivity contribution in [2.75, 3.05) is 6.61 Å². The molecule has 1 rings (SSSR count). The summed E-state index contributed by atoms with van der Waals surface area (Å²) in [6.07, 6.45) is 0.232. The second-order valence-corrected chi connectivity index (χ2v) is 3.47. The maximum absolute atomic E-state index is 11.4. The molecule has 1 aromatic carbocycles. The molecular weight excluding hydrogens is 216 g/mol. The van der Waals surface area contributed by atoms with Crippen LogP contribution in [0.1, 0.15) is 23.7 Å². The Bertz CT molecular complexity index is 374. The van der Waals surface area contributed by atoms with Gasteiger partial charge in [0, 0.05) is 6.42 Å². The van der Waals surface area contributed by atoms with E-state index < -0.39 is 5.97 Å². The molecule has 0 atom stereocenters. The van der Waals surface area contributed by atoms with Crippen molar-refractivity contribution in [3.05, 3.63) is 34.9 Å². The fourth-order valence-electron chi connectivity index (χ4n) is 0.992. The van der Waals surface area contributed by atoms with Gasteiger partial charge >= 0.3 is 5.97 Å². The van der Waals surface area contributed by atoms with Gasteiger partial charge in [-0.25, -0.2) is 4.79 Å². The van der Waals surface area contributed by atoms with Crippen molar-refractivity contribution in [3.8, 4) is 0 Å². The van der Waals surface area contributed by atoms with Crippen molar-refractivity contribution in [3.63, 3.8) is 0 Å². The lowest BCUT2D eigenvalue weighted by Crippen LogP contribution is -2.09. The predicted octanol–water partition coefficient (Wildman–Crippen LogP) is 2.48. The van der Waals surface area contributed by atoms with Gasteiger partial charge in [0.25, 0.3) is 0 Å². The van der Waals surface area contributed by atoms with Crippen LogP contribution < -0.4 is 0 Å². The molecule has 80 valence electrons. The largest absolute Gasteiger partial charge is 0.462 e. The second kappa shape index (κ2) is 5.51. The molecule has 0 heterocycles. The summed E-state index contributed by atoms with van der Waals surface area (Å²) in [6.45, 7) is 1.54. The average molecular weight is 227 g/mol. The maximum Gasteiger partial charge on any atom is 0.339 e. The molecule has 0 amide bonds. The summed E-state index contributed by atoms with van der Waals surface area (Å²) in [6, 6.07) is 6.63. The number of Topliss-reactive ketones (excluding diaryl/α,β-unsaturated/α-hetero) is 1. The molecule has 0 N–H and O–H groups in total. The Hall–Kier alpha value is -1.35. The van der Waals surface area contributed by atoms with Crippen molar-refractivity contribution >= 4 is 23.4 Å². The average Bonchev–Trinajstić information content (AvgIpc) is 2.17. The number of esters is 1. The summed E-state index contributed by atoms with van der Waals surface area (Å²) in [5.74, 6) is -0.510. The first-order chi connectivity index (χ1) is 7.11. The minimum absolute atomic E-state index is 0.0121. The zero-order valence-electron chi connectivity index (χ0n) is 8.33. The van der Waals surface area contributed by atoms with Crippen LogP contribution in [-0.4, -0.2) is 18.4 Å². The van der Waals surface area contributed by atoms with E-state index in [1.165, 1.54) is 6.92 Å². The number of benzene rings is 1.